The summed E-state index contributed by atoms with van der Waals surface area (Å²) in [5, 5.41) is 1.87. The molecule has 0 fully saturated rings. The Morgan fingerprint density at radius 1 is 1.27 bits per heavy atom. The highest BCUT2D eigenvalue weighted by Gasteiger charge is 2.39. The first-order chi connectivity index (χ1) is 10.3. The number of rotatable bonds is 7. The van der Waals surface area contributed by atoms with Crippen molar-refractivity contribution in [1.29, 1.82) is 0 Å². The van der Waals surface area contributed by atoms with Gasteiger partial charge in [-0.25, -0.2) is 0 Å². The molecule has 0 heterocycles. The van der Waals surface area contributed by atoms with Crippen molar-refractivity contribution in [2.75, 3.05) is 0 Å². The van der Waals surface area contributed by atoms with Gasteiger partial charge in [0.05, 0.1) is 6.04 Å². The number of ketones is 1. The molecule has 0 aromatic heterocycles. The second-order valence-corrected chi connectivity index (χ2v) is 4.92. The lowest BCUT2D eigenvalue weighted by Crippen LogP contribution is -2.38. The molecule has 22 heavy (non-hydrogen) atoms. The largest absolute Gasteiger partial charge is 0.471 e. The molecule has 0 aliphatic carbocycles. The molecule has 0 radical (unpaired) electrons. The molecular formula is C16H18F3NO2. The third-order valence-electron chi connectivity index (χ3n) is 3.15. The molecule has 1 rings (SSSR count). The summed E-state index contributed by atoms with van der Waals surface area (Å²) in [4.78, 5) is 22.7. The maximum absolute atomic E-state index is 12.2. The second kappa shape index (κ2) is 7.77. The monoisotopic (exact) mass is 313 g/mol. The van der Waals surface area contributed by atoms with E-state index >= 15 is 0 Å². The number of unbranched alkanes of at least 4 members (excludes halogenated alkanes) is 1. The van der Waals surface area contributed by atoms with Gasteiger partial charge >= 0.3 is 12.1 Å². The molecule has 120 valence electrons. The minimum atomic E-state index is -4.91. The Morgan fingerprint density at radius 3 is 2.36 bits per heavy atom. The summed E-state index contributed by atoms with van der Waals surface area (Å²) in [7, 11) is 0. The van der Waals surface area contributed by atoms with E-state index in [1.807, 2.05) is 5.32 Å². The highest BCUT2D eigenvalue weighted by molar-refractivity contribution is 5.96. The van der Waals surface area contributed by atoms with E-state index in [-0.39, 0.29) is 5.78 Å². The van der Waals surface area contributed by atoms with Crippen LogP contribution in [0.4, 0.5) is 13.2 Å². The average molecular weight is 313 g/mol. The predicted octanol–water partition coefficient (Wildman–Crippen LogP) is 3.97. The molecule has 0 bridgehead atoms. The SMILES string of the molecule is C=CCCCC(=O)c1ccc([C@H](C)NC(=O)C(F)(F)F)cc1. The van der Waals surface area contributed by atoms with Gasteiger partial charge < -0.3 is 5.32 Å². The van der Waals surface area contributed by atoms with Gasteiger partial charge in [-0.1, -0.05) is 30.3 Å². The van der Waals surface area contributed by atoms with Gasteiger partial charge in [0.25, 0.3) is 0 Å². The van der Waals surface area contributed by atoms with Crippen LogP contribution in [0.15, 0.2) is 36.9 Å². The number of hydrogen-bond acceptors (Lipinski definition) is 2. The third-order valence-corrected chi connectivity index (χ3v) is 3.15. The minimum Gasteiger partial charge on any atom is -0.342 e. The number of nitrogens with one attached hydrogen (secondary N) is 1. The molecule has 0 spiro atoms. The Bertz CT molecular complexity index is 535. The van der Waals surface area contributed by atoms with E-state index in [1.165, 1.54) is 6.92 Å². The van der Waals surface area contributed by atoms with Crippen LogP contribution in [0.1, 0.15) is 48.1 Å². The van der Waals surface area contributed by atoms with Crippen molar-refractivity contribution in [3.05, 3.63) is 48.0 Å². The van der Waals surface area contributed by atoms with E-state index in [9.17, 15) is 22.8 Å². The van der Waals surface area contributed by atoms with Crippen molar-refractivity contribution in [1.82, 2.24) is 5.32 Å². The highest BCUT2D eigenvalue weighted by Crippen LogP contribution is 2.19. The van der Waals surface area contributed by atoms with E-state index in [2.05, 4.69) is 6.58 Å². The zero-order valence-electron chi connectivity index (χ0n) is 12.2. The van der Waals surface area contributed by atoms with Crippen LogP contribution in [-0.2, 0) is 4.79 Å². The summed E-state index contributed by atoms with van der Waals surface area (Å²) in [5.74, 6) is -2.01. The topological polar surface area (TPSA) is 46.2 Å². The molecule has 3 nitrogen and oxygen atoms in total. The van der Waals surface area contributed by atoms with Crippen LogP contribution in [0, 0.1) is 0 Å². The van der Waals surface area contributed by atoms with Crippen molar-refractivity contribution in [3.8, 4) is 0 Å². The number of Topliss-reactive ketones (excluding diaryl/α,β-unsaturated/α-hetero) is 1. The van der Waals surface area contributed by atoms with E-state index in [0.29, 0.717) is 24.0 Å². The minimum absolute atomic E-state index is 0.0274. The number of carbonyl (C=O) groups is 2. The van der Waals surface area contributed by atoms with Gasteiger partial charge in [-0.05, 0) is 25.3 Å². The number of benzene rings is 1. The van der Waals surface area contributed by atoms with Crippen LogP contribution >= 0.6 is 0 Å². The summed E-state index contributed by atoms with van der Waals surface area (Å²) >= 11 is 0. The first-order valence-electron chi connectivity index (χ1n) is 6.87. The van der Waals surface area contributed by atoms with Gasteiger partial charge in [0, 0.05) is 12.0 Å². The molecule has 1 N–H and O–H groups in total. The van der Waals surface area contributed by atoms with Crippen molar-refractivity contribution >= 4 is 11.7 Å². The molecule has 0 aliphatic rings. The van der Waals surface area contributed by atoms with Crippen molar-refractivity contribution in [3.63, 3.8) is 0 Å². The molecule has 0 saturated carbocycles. The van der Waals surface area contributed by atoms with E-state index in [4.69, 9.17) is 0 Å². The fraction of sp³-hybridized carbons (Fsp3) is 0.375. The van der Waals surface area contributed by atoms with Crippen molar-refractivity contribution < 1.29 is 22.8 Å². The number of hydrogen-bond donors (Lipinski definition) is 1. The maximum Gasteiger partial charge on any atom is 0.471 e. The van der Waals surface area contributed by atoms with Gasteiger partial charge in [0.2, 0.25) is 0 Å². The lowest BCUT2D eigenvalue weighted by molar-refractivity contribution is -0.174. The highest BCUT2D eigenvalue weighted by atomic mass is 19.4. The number of alkyl halides is 3. The Balaban J connectivity index is 2.66. The van der Waals surface area contributed by atoms with Gasteiger partial charge in [-0.3, -0.25) is 9.59 Å². The molecule has 0 saturated heterocycles. The maximum atomic E-state index is 12.2. The van der Waals surface area contributed by atoms with Crippen LogP contribution < -0.4 is 5.32 Å². The number of carbonyl (C=O) groups excluding carboxylic acids is 2. The zero-order chi connectivity index (χ0) is 16.8. The summed E-state index contributed by atoms with van der Waals surface area (Å²) in [6, 6.07) is 5.41. The average Bonchev–Trinajstić information content (AvgIpc) is 2.46. The predicted molar refractivity (Wildman–Crippen MR) is 77.4 cm³/mol. The van der Waals surface area contributed by atoms with Crippen LogP contribution in [0.3, 0.4) is 0 Å². The van der Waals surface area contributed by atoms with Crippen molar-refractivity contribution in [2.24, 2.45) is 0 Å². The first-order valence-corrected chi connectivity index (χ1v) is 6.87. The first kappa shape index (κ1) is 17.9. The summed E-state index contributed by atoms with van der Waals surface area (Å²) in [5.41, 5.74) is 1.00. The third kappa shape index (κ3) is 5.35. The standard InChI is InChI=1S/C16H18F3NO2/c1-3-4-5-6-14(21)13-9-7-12(8-10-13)11(2)20-15(22)16(17,18)19/h3,7-11H,1,4-6H2,2H3,(H,20,22)/t11-/m0/s1. The molecular weight excluding hydrogens is 295 g/mol. The van der Waals surface area contributed by atoms with Gasteiger partial charge in [0.1, 0.15) is 0 Å². The molecule has 0 aliphatic heterocycles. The molecule has 1 atom stereocenters. The van der Waals surface area contributed by atoms with Gasteiger partial charge in [0.15, 0.2) is 5.78 Å². The molecule has 1 amide bonds. The number of allylic oxidation sites excluding steroid dienone is 1. The number of amides is 1. The fourth-order valence-electron chi connectivity index (χ4n) is 1.87. The Kier molecular flexibility index (Phi) is 6.34. The zero-order valence-corrected chi connectivity index (χ0v) is 12.2. The summed E-state index contributed by atoms with van der Waals surface area (Å²) in [6.45, 7) is 5.03. The normalized spacial score (nSPS) is 12.5. The van der Waals surface area contributed by atoms with Crippen LogP contribution in [0.2, 0.25) is 0 Å². The van der Waals surface area contributed by atoms with E-state index in [0.717, 1.165) is 6.42 Å². The van der Waals surface area contributed by atoms with Crippen LogP contribution in [0.25, 0.3) is 0 Å². The number of halogens is 3. The van der Waals surface area contributed by atoms with Crippen LogP contribution in [-0.4, -0.2) is 17.9 Å². The van der Waals surface area contributed by atoms with E-state index < -0.39 is 18.1 Å². The Labute approximate surface area is 127 Å². The van der Waals surface area contributed by atoms with Crippen molar-refractivity contribution in [2.45, 2.75) is 38.4 Å². The lowest BCUT2D eigenvalue weighted by Gasteiger charge is -2.15. The summed E-state index contributed by atoms with van der Waals surface area (Å²) in [6.07, 6.45) is -1.31. The fourth-order valence-corrected chi connectivity index (χ4v) is 1.87. The molecule has 6 heteroatoms. The van der Waals surface area contributed by atoms with Crippen LogP contribution in [0.5, 0.6) is 0 Å². The Hall–Kier alpha value is -2.11. The smallest absolute Gasteiger partial charge is 0.342 e. The molecule has 0 unspecified atom stereocenters. The quantitative estimate of drug-likeness (QED) is 0.470. The molecule has 1 aromatic carbocycles. The Morgan fingerprint density at radius 2 is 1.86 bits per heavy atom. The van der Waals surface area contributed by atoms with Gasteiger partial charge in [-0.2, -0.15) is 13.2 Å². The summed E-state index contributed by atoms with van der Waals surface area (Å²) < 4.78 is 36.5. The van der Waals surface area contributed by atoms with Gasteiger partial charge in [-0.15, -0.1) is 6.58 Å². The second-order valence-electron chi connectivity index (χ2n) is 4.92. The van der Waals surface area contributed by atoms with E-state index in [1.54, 1.807) is 30.3 Å². The lowest BCUT2D eigenvalue weighted by atomic mass is 10.0. The molecule has 1 aromatic rings.